The fourth-order valence-corrected chi connectivity index (χ4v) is 3.09. The van der Waals surface area contributed by atoms with Gasteiger partial charge >= 0.3 is 0 Å². The molecule has 1 aliphatic heterocycles. The molecular weight excluding hydrogens is 236 g/mol. The number of benzene rings is 1. The van der Waals surface area contributed by atoms with Crippen LogP contribution in [0.4, 0.5) is 5.69 Å². The number of likely N-dealkylation sites (N-methyl/N-ethyl adjacent to an activating group) is 1. The van der Waals surface area contributed by atoms with Gasteiger partial charge in [0.1, 0.15) is 0 Å². The van der Waals surface area contributed by atoms with Gasteiger partial charge in [0.2, 0.25) is 0 Å². The fraction of sp³-hybridized carbons (Fsp3) is 0.625. The molecule has 1 aromatic carbocycles. The Morgan fingerprint density at radius 3 is 2.53 bits per heavy atom. The van der Waals surface area contributed by atoms with Gasteiger partial charge in [-0.05, 0) is 39.3 Å². The van der Waals surface area contributed by atoms with Crippen LogP contribution in [-0.4, -0.2) is 31.8 Å². The number of aryl methyl sites for hydroxylation is 1. The van der Waals surface area contributed by atoms with Crippen LogP contribution in [0.15, 0.2) is 24.3 Å². The van der Waals surface area contributed by atoms with Crippen LogP contribution < -0.4 is 10.6 Å². The molecule has 0 radical (unpaired) electrons. The van der Waals surface area contributed by atoms with Crippen molar-refractivity contribution in [2.24, 2.45) is 11.7 Å². The second kappa shape index (κ2) is 5.93. The topological polar surface area (TPSA) is 38.5 Å². The number of nitrogens with two attached hydrogens (primary N) is 1. The van der Waals surface area contributed by atoms with E-state index in [4.69, 9.17) is 10.5 Å². The quantitative estimate of drug-likeness (QED) is 0.886. The summed E-state index contributed by atoms with van der Waals surface area (Å²) in [6.45, 7) is 9.91. The van der Waals surface area contributed by atoms with Crippen molar-refractivity contribution in [2.75, 3.05) is 31.2 Å². The van der Waals surface area contributed by atoms with Crippen LogP contribution in [0.5, 0.6) is 0 Å². The standard InChI is InChI=1S/C16H26N2O/c1-4-18(15-7-5-13(2)6-8-15)16(3,12-17)14-9-10-19-11-14/h5-8,14H,4,9-12,17H2,1-3H3. The minimum absolute atomic E-state index is 0.0273. The lowest BCUT2D eigenvalue weighted by Gasteiger charge is -2.45. The lowest BCUT2D eigenvalue weighted by Crippen LogP contribution is -2.57. The summed E-state index contributed by atoms with van der Waals surface area (Å²) in [7, 11) is 0. The molecule has 1 heterocycles. The van der Waals surface area contributed by atoms with Crippen LogP contribution in [0, 0.1) is 12.8 Å². The maximum absolute atomic E-state index is 6.13. The Kier molecular flexibility index (Phi) is 4.48. The highest BCUT2D eigenvalue weighted by molar-refractivity contribution is 5.50. The Labute approximate surface area is 116 Å². The van der Waals surface area contributed by atoms with Crippen molar-refractivity contribution in [3.63, 3.8) is 0 Å². The van der Waals surface area contributed by atoms with E-state index in [9.17, 15) is 0 Å². The molecule has 2 atom stereocenters. The second-order valence-electron chi connectivity index (χ2n) is 5.70. The molecule has 1 fully saturated rings. The van der Waals surface area contributed by atoms with Crippen molar-refractivity contribution in [1.82, 2.24) is 0 Å². The van der Waals surface area contributed by atoms with E-state index in [0.29, 0.717) is 12.5 Å². The summed E-state index contributed by atoms with van der Waals surface area (Å²) in [6, 6.07) is 8.73. The average Bonchev–Trinajstić information content (AvgIpc) is 2.96. The molecule has 0 aromatic heterocycles. The van der Waals surface area contributed by atoms with Crippen molar-refractivity contribution in [2.45, 2.75) is 32.7 Å². The molecule has 2 rings (SSSR count). The van der Waals surface area contributed by atoms with E-state index >= 15 is 0 Å². The summed E-state index contributed by atoms with van der Waals surface area (Å²) in [6.07, 6.45) is 1.11. The van der Waals surface area contributed by atoms with E-state index in [0.717, 1.165) is 26.2 Å². The number of ether oxygens (including phenoxy) is 1. The van der Waals surface area contributed by atoms with E-state index in [1.165, 1.54) is 11.3 Å². The Morgan fingerprint density at radius 1 is 1.37 bits per heavy atom. The molecule has 2 N–H and O–H groups in total. The summed E-state index contributed by atoms with van der Waals surface area (Å²) in [5.41, 5.74) is 8.65. The van der Waals surface area contributed by atoms with Gasteiger partial charge in [0.05, 0.1) is 12.1 Å². The Bertz CT molecular complexity index is 398. The SMILES string of the molecule is CCN(c1ccc(C)cc1)C(C)(CN)C1CCOC1. The fourth-order valence-electron chi connectivity index (χ4n) is 3.09. The first kappa shape index (κ1) is 14.4. The lowest BCUT2D eigenvalue weighted by atomic mass is 9.82. The first-order valence-electron chi connectivity index (χ1n) is 7.24. The molecule has 0 bridgehead atoms. The maximum Gasteiger partial charge on any atom is 0.0546 e. The van der Waals surface area contributed by atoms with Crippen LogP contribution in [-0.2, 0) is 4.74 Å². The molecule has 1 aliphatic rings. The third-order valence-electron chi connectivity index (χ3n) is 4.50. The molecule has 0 aliphatic carbocycles. The highest BCUT2D eigenvalue weighted by atomic mass is 16.5. The van der Waals surface area contributed by atoms with Crippen LogP contribution in [0.25, 0.3) is 0 Å². The van der Waals surface area contributed by atoms with Gasteiger partial charge in [-0.1, -0.05) is 17.7 Å². The van der Waals surface area contributed by atoms with Crippen LogP contribution in [0.2, 0.25) is 0 Å². The molecule has 0 amide bonds. The normalized spacial score (nSPS) is 22.2. The molecule has 3 heteroatoms. The predicted molar refractivity (Wildman–Crippen MR) is 80.6 cm³/mol. The lowest BCUT2D eigenvalue weighted by molar-refractivity contribution is 0.165. The first-order valence-corrected chi connectivity index (χ1v) is 7.24. The number of hydrogen-bond donors (Lipinski definition) is 1. The highest BCUT2D eigenvalue weighted by Crippen LogP contribution is 2.34. The van der Waals surface area contributed by atoms with Gasteiger partial charge < -0.3 is 15.4 Å². The van der Waals surface area contributed by atoms with Gasteiger partial charge in [0.15, 0.2) is 0 Å². The van der Waals surface area contributed by atoms with Crippen molar-refractivity contribution in [3.8, 4) is 0 Å². The molecule has 0 saturated carbocycles. The number of hydrogen-bond acceptors (Lipinski definition) is 3. The zero-order valence-electron chi connectivity index (χ0n) is 12.4. The molecule has 19 heavy (non-hydrogen) atoms. The smallest absolute Gasteiger partial charge is 0.0546 e. The van der Waals surface area contributed by atoms with Crippen molar-refractivity contribution >= 4 is 5.69 Å². The van der Waals surface area contributed by atoms with E-state index < -0.39 is 0 Å². The third-order valence-corrected chi connectivity index (χ3v) is 4.50. The van der Waals surface area contributed by atoms with E-state index in [-0.39, 0.29) is 5.54 Å². The summed E-state index contributed by atoms with van der Waals surface area (Å²) in [5.74, 6) is 0.513. The molecular formula is C16H26N2O. The van der Waals surface area contributed by atoms with Crippen molar-refractivity contribution in [3.05, 3.63) is 29.8 Å². The number of rotatable bonds is 5. The minimum atomic E-state index is -0.0273. The van der Waals surface area contributed by atoms with Gasteiger partial charge in [0.25, 0.3) is 0 Å². The number of anilines is 1. The highest BCUT2D eigenvalue weighted by Gasteiger charge is 2.40. The van der Waals surface area contributed by atoms with Crippen LogP contribution >= 0.6 is 0 Å². The third kappa shape index (κ3) is 2.77. The molecule has 0 spiro atoms. The number of nitrogens with zero attached hydrogens (tertiary/aromatic N) is 1. The summed E-state index contributed by atoms with van der Waals surface area (Å²) in [5, 5.41) is 0. The molecule has 1 saturated heterocycles. The van der Waals surface area contributed by atoms with Crippen molar-refractivity contribution in [1.29, 1.82) is 0 Å². The predicted octanol–water partition coefficient (Wildman–Crippen LogP) is 2.58. The average molecular weight is 262 g/mol. The second-order valence-corrected chi connectivity index (χ2v) is 5.70. The zero-order chi connectivity index (χ0) is 13.9. The van der Waals surface area contributed by atoms with Gasteiger partial charge in [-0.2, -0.15) is 0 Å². The van der Waals surface area contributed by atoms with Gasteiger partial charge in [0, 0.05) is 31.3 Å². The zero-order valence-corrected chi connectivity index (χ0v) is 12.4. The Morgan fingerprint density at radius 2 is 2.05 bits per heavy atom. The molecule has 2 unspecified atom stereocenters. The monoisotopic (exact) mass is 262 g/mol. The van der Waals surface area contributed by atoms with Gasteiger partial charge in [-0.15, -0.1) is 0 Å². The minimum Gasteiger partial charge on any atom is -0.381 e. The summed E-state index contributed by atoms with van der Waals surface area (Å²) in [4.78, 5) is 2.44. The van der Waals surface area contributed by atoms with Crippen LogP contribution in [0.3, 0.4) is 0 Å². The molecule has 106 valence electrons. The largest absolute Gasteiger partial charge is 0.381 e. The van der Waals surface area contributed by atoms with E-state index in [1.807, 2.05) is 0 Å². The van der Waals surface area contributed by atoms with Crippen molar-refractivity contribution < 1.29 is 4.74 Å². The molecule has 3 nitrogen and oxygen atoms in total. The maximum atomic E-state index is 6.13. The van der Waals surface area contributed by atoms with Crippen LogP contribution in [0.1, 0.15) is 25.8 Å². The van der Waals surface area contributed by atoms with Gasteiger partial charge in [-0.3, -0.25) is 0 Å². The van der Waals surface area contributed by atoms with E-state index in [2.05, 4.69) is 49.9 Å². The molecule has 1 aromatic rings. The Balaban J connectivity index is 2.29. The summed E-state index contributed by atoms with van der Waals surface area (Å²) >= 11 is 0. The van der Waals surface area contributed by atoms with E-state index in [1.54, 1.807) is 0 Å². The first-order chi connectivity index (χ1) is 9.11. The summed E-state index contributed by atoms with van der Waals surface area (Å²) < 4.78 is 5.57. The Hall–Kier alpha value is -1.06. The van der Waals surface area contributed by atoms with Gasteiger partial charge in [-0.25, -0.2) is 0 Å².